The van der Waals surface area contributed by atoms with Gasteiger partial charge in [-0.05, 0) is 37.8 Å². The van der Waals surface area contributed by atoms with Crippen LogP contribution in [0, 0.1) is 5.82 Å². The first kappa shape index (κ1) is 17.0. The van der Waals surface area contributed by atoms with E-state index < -0.39 is 0 Å². The zero-order valence-corrected chi connectivity index (χ0v) is 14.7. The number of aryl methyl sites for hydroxylation is 1. The average Bonchev–Trinajstić information content (AvgIpc) is 3.21. The fourth-order valence-electron chi connectivity index (χ4n) is 3.87. The van der Waals surface area contributed by atoms with Crippen LogP contribution in [-0.4, -0.2) is 38.7 Å². The van der Waals surface area contributed by atoms with Crippen LogP contribution < -0.4 is 4.74 Å². The van der Waals surface area contributed by atoms with Gasteiger partial charge in [-0.25, -0.2) is 4.39 Å². The number of nitrogens with zero attached hydrogens (tertiary/aromatic N) is 4. The number of ether oxygens (including phenoxy) is 1. The Morgan fingerprint density at radius 3 is 3.00 bits per heavy atom. The molecule has 1 aromatic heterocycles. The van der Waals surface area contributed by atoms with Crippen molar-refractivity contribution in [1.82, 2.24) is 19.7 Å². The Morgan fingerprint density at radius 1 is 1.19 bits per heavy atom. The van der Waals surface area contributed by atoms with Gasteiger partial charge in [0.25, 0.3) is 5.91 Å². The maximum absolute atomic E-state index is 13.2. The van der Waals surface area contributed by atoms with E-state index in [1.807, 2.05) is 4.90 Å². The number of likely N-dealkylation sites (tertiary alicyclic amines) is 1. The van der Waals surface area contributed by atoms with Crippen molar-refractivity contribution in [3.05, 3.63) is 41.7 Å². The van der Waals surface area contributed by atoms with Crippen molar-refractivity contribution >= 4 is 5.91 Å². The van der Waals surface area contributed by atoms with E-state index in [0.717, 1.165) is 50.3 Å². The number of halogens is 1. The number of hydrogen-bond donors (Lipinski definition) is 0. The molecule has 3 heterocycles. The van der Waals surface area contributed by atoms with Gasteiger partial charge in [0.2, 0.25) is 0 Å². The molecule has 2 aromatic rings. The molecule has 0 N–H and O–H groups in total. The first-order valence-corrected chi connectivity index (χ1v) is 9.32. The third-order valence-corrected chi connectivity index (χ3v) is 5.17. The molecule has 0 radical (unpaired) electrons. The predicted octanol–water partition coefficient (Wildman–Crippen LogP) is 2.89. The van der Waals surface area contributed by atoms with Crippen LogP contribution in [-0.2, 0) is 17.8 Å². The SMILES string of the molecule is O=C(COc1cccc(F)c1)N1CCCC1c1nnc2n1CCCCC2. The van der Waals surface area contributed by atoms with E-state index in [1.165, 1.54) is 18.6 Å². The predicted molar refractivity (Wildman–Crippen MR) is 93.2 cm³/mol. The lowest BCUT2D eigenvalue weighted by Gasteiger charge is -2.24. The Bertz CT molecular complexity index is 792. The van der Waals surface area contributed by atoms with Crippen molar-refractivity contribution in [1.29, 1.82) is 0 Å². The number of aromatic nitrogens is 3. The molecule has 1 atom stereocenters. The van der Waals surface area contributed by atoms with Crippen LogP contribution in [0.15, 0.2) is 24.3 Å². The molecule has 0 saturated carbocycles. The van der Waals surface area contributed by atoms with E-state index in [1.54, 1.807) is 12.1 Å². The fraction of sp³-hybridized carbons (Fsp3) is 0.526. The standard InChI is InChI=1S/C19H23FN4O2/c20-14-6-4-7-15(12-14)26-13-18(25)23-11-5-8-16(23)19-22-21-17-9-2-1-3-10-24(17)19/h4,6-7,12,16H,1-3,5,8-11,13H2. The second-order valence-electron chi connectivity index (χ2n) is 6.93. The maximum Gasteiger partial charge on any atom is 0.261 e. The Balaban J connectivity index is 1.46. The Kier molecular flexibility index (Phi) is 4.86. The van der Waals surface area contributed by atoms with Crippen LogP contribution >= 0.6 is 0 Å². The summed E-state index contributed by atoms with van der Waals surface area (Å²) < 4.78 is 20.9. The molecule has 2 aliphatic rings. The second-order valence-corrected chi connectivity index (χ2v) is 6.93. The summed E-state index contributed by atoms with van der Waals surface area (Å²) in [7, 11) is 0. The topological polar surface area (TPSA) is 60.2 Å². The molecule has 1 amide bonds. The van der Waals surface area contributed by atoms with Crippen LogP contribution in [0.3, 0.4) is 0 Å². The highest BCUT2D eigenvalue weighted by Crippen LogP contribution is 2.32. The van der Waals surface area contributed by atoms with Crippen molar-refractivity contribution in [2.75, 3.05) is 13.2 Å². The number of hydrogen-bond acceptors (Lipinski definition) is 4. The molecule has 1 aromatic carbocycles. The molecule has 138 valence electrons. The zero-order valence-electron chi connectivity index (χ0n) is 14.7. The van der Waals surface area contributed by atoms with E-state index in [2.05, 4.69) is 14.8 Å². The van der Waals surface area contributed by atoms with Crippen LogP contribution in [0.25, 0.3) is 0 Å². The Hall–Kier alpha value is -2.44. The molecule has 7 heteroatoms. The maximum atomic E-state index is 13.2. The van der Waals surface area contributed by atoms with Crippen molar-refractivity contribution in [2.45, 2.75) is 51.1 Å². The van der Waals surface area contributed by atoms with Crippen LogP contribution in [0.1, 0.15) is 49.8 Å². The molecule has 1 saturated heterocycles. The summed E-state index contributed by atoms with van der Waals surface area (Å²) in [5.41, 5.74) is 0. The van der Waals surface area contributed by atoms with E-state index in [9.17, 15) is 9.18 Å². The van der Waals surface area contributed by atoms with Crippen LogP contribution in [0.5, 0.6) is 5.75 Å². The Morgan fingerprint density at radius 2 is 2.12 bits per heavy atom. The van der Waals surface area contributed by atoms with Gasteiger partial charge in [-0.3, -0.25) is 4.79 Å². The van der Waals surface area contributed by atoms with Crippen molar-refractivity contribution in [2.24, 2.45) is 0 Å². The third kappa shape index (κ3) is 3.43. The van der Waals surface area contributed by atoms with Crippen LogP contribution in [0.2, 0.25) is 0 Å². The average molecular weight is 358 g/mol. The first-order chi connectivity index (χ1) is 12.7. The molecule has 2 aliphatic heterocycles. The minimum Gasteiger partial charge on any atom is -0.484 e. The highest BCUT2D eigenvalue weighted by molar-refractivity contribution is 5.78. The quantitative estimate of drug-likeness (QED) is 0.843. The summed E-state index contributed by atoms with van der Waals surface area (Å²) in [6.07, 6.45) is 6.27. The van der Waals surface area contributed by atoms with Crippen molar-refractivity contribution in [3.8, 4) is 5.75 Å². The van der Waals surface area contributed by atoms with E-state index in [-0.39, 0.29) is 24.4 Å². The first-order valence-electron chi connectivity index (χ1n) is 9.32. The van der Waals surface area contributed by atoms with Gasteiger partial charge in [-0.15, -0.1) is 10.2 Å². The number of fused-ring (bicyclic) bond motifs is 1. The van der Waals surface area contributed by atoms with E-state index >= 15 is 0 Å². The molecule has 0 spiro atoms. The van der Waals surface area contributed by atoms with Gasteiger partial charge >= 0.3 is 0 Å². The highest BCUT2D eigenvalue weighted by Gasteiger charge is 2.34. The van der Waals surface area contributed by atoms with Crippen LogP contribution in [0.4, 0.5) is 4.39 Å². The van der Waals surface area contributed by atoms with Gasteiger partial charge in [-0.2, -0.15) is 0 Å². The lowest BCUT2D eigenvalue weighted by atomic mass is 10.2. The fourth-order valence-corrected chi connectivity index (χ4v) is 3.87. The third-order valence-electron chi connectivity index (χ3n) is 5.17. The van der Waals surface area contributed by atoms with Gasteiger partial charge in [-0.1, -0.05) is 12.5 Å². The molecule has 1 unspecified atom stereocenters. The largest absolute Gasteiger partial charge is 0.484 e. The monoisotopic (exact) mass is 358 g/mol. The Labute approximate surface area is 152 Å². The smallest absolute Gasteiger partial charge is 0.261 e. The minimum atomic E-state index is -0.375. The van der Waals surface area contributed by atoms with Gasteiger partial charge in [0.15, 0.2) is 12.4 Å². The molecular weight excluding hydrogens is 335 g/mol. The molecule has 26 heavy (non-hydrogen) atoms. The molecule has 4 rings (SSSR count). The summed E-state index contributed by atoms with van der Waals surface area (Å²) in [4.78, 5) is 14.5. The van der Waals surface area contributed by atoms with E-state index in [4.69, 9.17) is 4.74 Å². The summed E-state index contributed by atoms with van der Waals surface area (Å²) in [6, 6.07) is 5.81. The molecule has 0 aliphatic carbocycles. The van der Waals surface area contributed by atoms with Gasteiger partial charge in [0, 0.05) is 25.6 Å². The number of carbonyl (C=O) groups is 1. The summed E-state index contributed by atoms with van der Waals surface area (Å²) >= 11 is 0. The normalized spacial score (nSPS) is 19.9. The molecular formula is C19H23FN4O2. The molecule has 6 nitrogen and oxygen atoms in total. The summed E-state index contributed by atoms with van der Waals surface area (Å²) in [5.74, 6) is 1.83. The molecule has 1 fully saturated rings. The highest BCUT2D eigenvalue weighted by atomic mass is 19.1. The summed E-state index contributed by atoms with van der Waals surface area (Å²) in [6.45, 7) is 1.52. The molecule has 0 bridgehead atoms. The lowest BCUT2D eigenvalue weighted by Crippen LogP contribution is -2.35. The van der Waals surface area contributed by atoms with Crippen molar-refractivity contribution < 1.29 is 13.9 Å². The summed E-state index contributed by atoms with van der Waals surface area (Å²) in [5, 5.41) is 8.77. The second kappa shape index (κ2) is 7.43. The van der Waals surface area contributed by atoms with Gasteiger partial charge < -0.3 is 14.2 Å². The zero-order chi connectivity index (χ0) is 17.9. The number of benzene rings is 1. The van der Waals surface area contributed by atoms with Crippen molar-refractivity contribution in [3.63, 3.8) is 0 Å². The van der Waals surface area contributed by atoms with Gasteiger partial charge in [0.1, 0.15) is 17.4 Å². The minimum absolute atomic E-state index is 0.0436. The number of rotatable bonds is 4. The number of amides is 1. The van der Waals surface area contributed by atoms with E-state index in [0.29, 0.717) is 12.3 Å². The lowest BCUT2D eigenvalue weighted by molar-refractivity contribution is -0.134. The van der Waals surface area contributed by atoms with Gasteiger partial charge in [0.05, 0.1) is 6.04 Å². The number of carbonyl (C=O) groups excluding carboxylic acids is 1.